The lowest BCUT2D eigenvalue weighted by molar-refractivity contribution is -0.384. The third-order valence-electron chi connectivity index (χ3n) is 3.74. The Balaban J connectivity index is 2.31. The van der Waals surface area contributed by atoms with Crippen LogP contribution in [0.15, 0.2) is 18.2 Å². The van der Waals surface area contributed by atoms with Crippen molar-refractivity contribution in [3.05, 3.63) is 33.9 Å². The molecular weight excluding hydrogens is 292 g/mol. The topological polar surface area (TPSA) is 102 Å². The molecule has 1 aromatic carbocycles. The lowest BCUT2D eigenvalue weighted by atomic mass is 10.1. The van der Waals surface area contributed by atoms with Gasteiger partial charge in [0.15, 0.2) is 0 Å². The van der Waals surface area contributed by atoms with Crippen LogP contribution in [0.2, 0.25) is 0 Å². The van der Waals surface area contributed by atoms with Crippen molar-refractivity contribution in [1.29, 1.82) is 0 Å². The van der Waals surface area contributed by atoms with E-state index in [4.69, 9.17) is 5.84 Å². The van der Waals surface area contributed by atoms with Crippen LogP contribution in [-0.2, 0) is 0 Å². The highest BCUT2D eigenvalue weighted by molar-refractivity contribution is 8.00. The van der Waals surface area contributed by atoms with Gasteiger partial charge in [-0.25, -0.2) is 0 Å². The van der Waals surface area contributed by atoms with Crippen molar-refractivity contribution >= 4 is 29.0 Å². The smallest absolute Gasteiger partial charge is 0.294 e. The maximum absolute atomic E-state index is 12.6. The minimum Gasteiger partial charge on any atom is -0.334 e. The van der Waals surface area contributed by atoms with E-state index < -0.39 is 4.92 Å². The number of benzene rings is 1. The molecule has 1 aliphatic rings. The summed E-state index contributed by atoms with van der Waals surface area (Å²) >= 11 is 1.83. The maximum Gasteiger partial charge on any atom is 0.294 e. The molecule has 1 saturated heterocycles. The van der Waals surface area contributed by atoms with E-state index in [9.17, 15) is 14.9 Å². The minimum absolute atomic E-state index is 0.0996. The van der Waals surface area contributed by atoms with Gasteiger partial charge < -0.3 is 10.3 Å². The molecule has 1 aromatic rings. The molecule has 0 radical (unpaired) electrons. The number of nitro groups is 1. The molecule has 0 bridgehead atoms. The Kier molecular flexibility index (Phi) is 4.69. The number of carbonyl (C=O) groups is 1. The van der Waals surface area contributed by atoms with Gasteiger partial charge >= 0.3 is 0 Å². The highest BCUT2D eigenvalue weighted by atomic mass is 32.2. The first-order chi connectivity index (χ1) is 9.95. The van der Waals surface area contributed by atoms with Crippen molar-refractivity contribution in [1.82, 2.24) is 4.90 Å². The molecule has 3 N–H and O–H groups in total. The van der Waals surface area contributed by atoms with E-state index in [-0.39, 0.29) is 23.3 Å². The van der Waals surface area contributed by atoms with Gasteiger partial charge in [0.2, 0.25) is 0 Å². The Labute approximate surface area is 127 Å². The van der Waals surface area contributed by atoms with Gasteiger partial charge in [0.1, 0.15) is 5.69 Å². The molecule has 1 fully saturated rings. The SMILES string of the molecule is CC1SCCN(C(=O)c2ccc(NN)c([N+](=O)[O-])c2)C1C. The van der Waals surface area contributed by atoms with Gasteiger partial charge in [-0.05, 0) is 19.1 Å². The first kappa shape index (κ1) is 15.6. The molecule has 0 aromatic heterocycles. The summed E-state index contributed by atoms with van der Waals surface area (Å²) in [6.45, 7) is 4.73. The number of nitro benzene ring substituents is 1. The lowest BCUT2D eigenvalue weighted by Crippen LogP contribution is -2.47. The standard InChI is InChI=1S/C13H18N4O3S/c1-8-9(2)21-6-5-16(8)13(18)10-3-4-11(15-14)12(7-10)17(19)20/h3-4,7-9,15H,5-6,14H2,1-2H3. The molecule has 8 heteroatoms. The van der Waals surface area contributed by atoms with Crippen LogP contribution in [0, 0.1) is 10.1 Å². The summed E-state index contributed by atoms with van der Waals surface area (Å²) in [4.78, 5) is 24.8. The fourth-order valence-corrected chi connectivity index (χ4v) is 3.42. The second-order valence-corrected chi connectivity index (χ2v) is 6.43. The van der Waals surface area contributed by atoms with Crippen LogP contribution in [0.25, 0.3) is 0 Å². The summed E-state index contributed by atoms with van der Waals surface area (Å²) in [7, 11) is 0. The van der Waals surface area contributed by atoms with Crippen LogP contribution < -0.4 is 11.3 Å². The quantitative estimate of drug-likeness (QED) is 0.502. The van der Waals surface area contributed by atoms with E-state index in [0.29, 0.717) is 17.4 Å². The average molecular weight is 310 g/mol. The minimum atomic E-state index is -0.552. The van der Waals surface area contributed by atoms with Gasteiger partial charge in [0.05, 0.1) is 4.92 Å². The summed E-state index contributed by atoms with van der Waals surface area (Å²) in [5, 5.41) is 11.4. The summed E-state index contributed by atoms with van der Waals surface area (Å²) in [6, 6.07) is 4.39. The van der Waals surface area contributed by atoms with Crippen molar-refractivity contribution in [2.45, 2.75) is 25.1 Å². The number of amides is 1. The fourth-order valence-electron chi connectivity index (χ4n) is 2.32. The Morgan fingerprint density at radius 3 is 2.86 bits per heavy atom. The number of nitrogen functional groups attached to an aromatic ring is 1. The molecule has 2 rings (SSSR count). The molecule has 2 atom stereocenters. The predicted octanol–water partition coefficient (Wildman–Crippen LogP) is 1.85. The largest absolute Gasteiger partial charge is 0.334 e. The molecule has 0 spiro atoms. The van der Waals surface area contributed by atoms with E-state index in [1.807, 2.05) is 18.7 Å². The Morgan fingerprint density at radius 2 is 2.24 bits per heavy atom. The molecular formula is C13H18N4O3S. The number of hydrogen-bond donors (Lipinski definition) is 2. The molecule has 1 amide bonds. The molecule has 21 heavy (non-hydrogen) atoms. The molecule has 1 aliphatic heterocycles. The third kappa shape index (κ3) is 3.11. The number of nitrogens with two attached hydrogens (primary N) is 1. The van der Waals surface area contributed by atoms with Crippen LogP contribution in [0.5, 0.6) is 0 Å². The van der Waals surface area contributed by atoms with Gasteiger partial charge in [-0.1, -0.05) is 6.92 Å². The number of hydrazine groups is 1. The molecule has 0 saturated carbocycles. The highest BCUT2D eigenvalue weighted by Crippen LogP contribution is 2.28. The van der Waals surface area contributed by atoms with Crippen LogP contribution >= 0.6 is 11.8 Å². The molecule has 0 aliphatic carbocycles. The summed E-state index contributed by atoms with van der Waals surface area (Å²) in [6.07, 6.45) is 0. The van der Waals surface area contributed by atoms with Gasteiger partial charge in [-0.2, -0.15) is 11.8 Å². The van der Waals surface area contributed by atoms with E-state index in [0.717, 1.165) is 5.75 Å². The summed E-state index contributed by atoms with van der Waals surface area (Å²) in [5.41, 5.74) is 2.57. The number of nitrogens with one attached hydrogen (secondary N) is 1. The van der Waals surface area contributed by atoms with Crippen LogP contribution in [0.1, 0.15) is 24.2 Å². The van der Waals surface area contributed by atoms with E-state index in [1.54, 1.807) is 11.0 Å². The first-order valence-electron chi connectivity index (χ1n) is 6.63. The number of carbonyl (C=O) groups excluding carboxylic acids is 1. The van der Waals surface area contributed by atoms with E-state index >= 15 is 0 Å². The van der Waals surface area contributed by atoms with Gasteiger partial charge in [0.25, 0.3) is 11.6 Å². The average Bonchev–Trinajstić information content (AvgIpc) is 2.48. The predicted molar refractivity (Wildman–Crippen MR) is 83.3 cm³/mol. The van der Waals surface area contributed by atoms with Crippen LogP contribution in [-0.4, -0.2) is 39.3 Å². The Morgan fingerprint density at radius 1 is 1.52 bits per heavy atom. The van der Waals surface area contributed by atoms with Gasteiger partial charge in [0, 0.05) is 35.2 Å². The van der Waals surface area contributed by atoms with Crippen LogP contribution in [0.3, 0.4) is 0 Å². The molecule has 114 valence electrons. The third-order valence-corrected chi connectivity index (χ3v) is 5.08. The zero-order chi connectivity index (χ0) is 15.6. The number of thioether (sulfide) groups is 1. The van der Waals surface area contributed by atoms with Crippen molar-refractivity contribution in [3.8, 4) is 0 Å². The second kappa shape index (κ2) is 6.31. The molecule has 1 heterocycles. The van der Waals surface area contributed by atoms with Gasteiger partial charge in [-0.15, -0.1) is 0 Å². The summed E-state index contributed by atoms with van der Waals surface area (Å²) in [5.74, 6) is 5.94. The zero-order valence-corrected chi connectivity index (χ0v) is 12.7. The number of nitrogens with zero attached hydrogens (tertiary/aromatic N) is 2. The number of rotatable bonds is 3. The van der Waals surface area contributed by atoms with Crippen molar-refractivity contribution < 1.29 is 9.72 Å². The van der Waals surface area contributed by atoms with E-state index in [1.165, 1.54) is 12.1 Å². The van der Waals surface area contributed by atoms with Crippen molar-refractivity contribution in [3.63, 3.8) is 0 Å². The second-order valence-electron chi connectivity index (χ2n) is 4.95. The zero-order valence-electron chi connectivity index (χ0n) is 11.9. The number of anilines is 1. The molecule has 7 nitrogen and oxygen atoms in total. The maximum atomic E-state index is 12.6. The Hall–Kier alpha value is -1.80. The van der Waals surface area contributed by atoms with E-state index in [2.05, 4.69) is 12.3 Å². The van der Waals surface area contributed by atoms with Gasteiger partial charge in [-0.3, -0.25) is 20.8 Å². The lowest BCUT2D eigenvalue weighted by Gasteiger charge is -2.37. The van der Waals surface area contributed by atoms with Crippen molar-refractivity contribution in [2.24, 2.45) is 5.84 Å². The summed E-state index contributed by atoms with van der Waals surface area (Å²) < 4.78 is 0. The monoisotopic (exact) mass is 310 g/mol. The highest BCUT2D eigenvalue weighted by Gasteiger charge is 2.30. The first-order valence-corrected chi connectivity index (χ1v) is 7.68. The Bertz CT molecular complexity index is 566. The normalized spacial score (nSPS) is 22.0. The van der Waals surface area contributed by atoms with Crippen molar-refractivity contribution in [2.75, 3.05) is 17.7 Å². The fraction of sp³-hybridized carbons (Fsp3) is 0.462. The number of hydrogen-bond acceptors (Lipinski definition) is 6. The van der Waals surface area contributed by atoms with Crippen LogP contribution in [0.4, 0.5) is 11.4 Å². The molecule has 2 unspecified atom stereocenters.